The third-order valence-corrected chi connectivity index (χ3v) is 3.53. The van der Waals surface area contributed by atoms with E-state index < -0.39 is 0 Å². The lowest BCUT2D eigenvalue weighted by molar-refractivity contribution is 0.332. The van der Waals surface area contributed by atoms with Crippen LogP contribution in [-0.4, -0.2) is 47.3 Å². The molecule has 0 radical (unpaired) electrons. The summed E-state index contributed by atoms with van der Waals surface area (Å²) in [6.45, 7) is 6.89. The van der Waals surface area contributed by atoms with E-state index in [2.05, 4.69) is 23.6 Å². The Bertz CT molecular complexity index is 436. The maximum Gasteiger partial charge on any atom is 0.127 e. The average molecular weight is 255 g/mol. The highest BCUT2D eigenvalue weighted by atomic mass is 35.5. The number of nitrogens with zero attached hydrogens (tertiary/aromatic N) is 4. The lowest BCUT2D eigenvalue weighted by Crippen LogP contribution is -2.17. The van der Waals surface area contributed by atoms with Crippen molar-refractivity contribution in [2.24, 2.45) is 0 Å². The summed E-state index contributed by atoms with van der Waals surface area (Å²) >= 11 is 6.42. The Hall–Kier alpha value is -1.00. The van der Waals surface area contributed by atoms with Crippen LogP contribution in [0.2, 0.25) is 5.02 Å². The van der Waals surface area contributed by atoms with Gasteiger partial charge in [0.2, 0.25) is 0 Å². The van der Waals surface area contributed by atoms with E-state index in [9.17, 15) is 0 Å². The Labute approximate surface area is 107 Å². The Balaban J connectivity index is 2.39. The van der Waals surface area contributed by atoms with Crippen molar-refractivity contribution in [1.82, 2.24) is 19.6 Å². The van der Waals surface area contributed by atoms with Crippen LogP contribution in [0.15, 0.2) is 6.58 Å². The first-order valence-corrected chi connectivity index (χ1v) is 6.19. The molecule has 0 N–H and O–H groups in total. The van der Waals surface area contributed by atoms with Crippen LogP contribution in [-0.2, 0) is 13.1 Å². The summed E-state index contributed by atoms with van der Waals surface area (Å²) in [5, 5.41) is 5.33. The molecule has 1 aromatic heterocycles. The maximum absolute atomic E-state index is 6.42. The molecule has 2 heterocycles. The van der Waals surface area contributed by atoms with Gasteiger partial charge in [-0.2, -0.15) is 5.10 Å². The second kappa shape index (κ2) is 4.70. The summed E-state index contributed by atoms with van der Waals surface area (Å²) in [5.41, 5.74) is 2.77. The number of hydrogen-bond donors (Lipinski definition) is 0. The van der Waals surface area contributed by atoms with Gasteiger partial charge in [-0.15, -0.1) is 0 Å². The zero-order chi connectivity index (χ0) is 12.6. The lowest BCUT2D eigenvalue weighted by Gasteiger charge is -2.14. The summed E-state index contributed by atoms with van der Waals surface area (Å²) in [4.78, 5) is 4.21. The van der Waals surface area contributed by atoms with E-state index in [1.54, 1.807) is 0 Å². The molecule has 1 aliphatic rings. The van der Waals surface area contributed by atoms with E-state index in [1.807, 2.05) is 23.7 Å². The highest BCUT2D eigenvalue weighted by Gasteiger charge is 2.21. The molecule has 0 amide bonds. The summed E-state index contributed by atoms with van der Waals surface area (Å²) in [6.07, 6.45) is 1.11. The number of aryl methyl sites for hydroxylation is 1. The quantitative estimate of drug-likeness (QED) is 0.806. The standard InChI is InChI=1S/C12H19ClN4/c1-9(15(2)3)12-11(13)10-8-16(4)6-5-7-17(10)14-12/h1,5-8H2,2-4H3. The molecule has 0 fully saturated rings. The van der Waals surface area contributed by atoms with Crippen LogP contribution in [0.25, 0.3) is 5.70 Å². The molecule has 0 unspecified atom stereocenters. The van der Waals surface area contributed by atoms with Gasteiger partial charge in [0, 0.05) is 33.7 Å². The van der Waals surface area contributed by atoms with Gasteiger partial charge in [0.15, 0.2) is 0 Å². The van der Waals surface area contributed by atoms with Gasteiger partial charge in [-0.1, -0.05) is 18.2 Å². The molecule has 0 saturated heterocycles. The molecule has 5 heteroatoms. The zero-order valence-electron chi connectivity index (χ0n) is 10.7. The first-order chi connectivity index (χ1) is 8.00. The summed E-state index contributed by atoms with van der Waals surface area (Å²) in [5.74, 6) is 0. The summed E-state index contributed by atoms with van der Waals surface area (Å²) in [6, 6.07) is 0. The maximum atomic E-state index is 6.42. The fourth-order valence-corrected chi connectivity index (χ4v) is 2.34. The minimum absolute atomic E-state index is 0.748. The minimum atomic E-state index is 0.748. The van der Waals surface area contributed by atoms with Crippen LogP contribution in [0, 0.1) is 0 Å². The average Bonchev–Trinajstić information content (AvgIpc) is 2.47. The van der Waals surface area contributed by atoms with Crippen molar-refractivity contribution in [3.63, 3.8) is 0 Å². The fourth-order valence-electron chi connectivity index (χ4n) is 2.03. The van der Waals surface area contributed by atoms with Gasteiger partial charge in [0.05, 0.1) is 16.4 Å². The monoisotopic (exact) mass is 254 g/mol. The van der Waals surface area contributed by atoms with E-state index in [-0.39, 0.29) is 0 Å². The topological polar surface area (TPSA) is 24.3 Å². The smallest absolute Gasteiger partial charge is 0.127 e. The van der Waals surface area contributed by atoms with Crippen molar-refractivity contribution >= 4 is 17.3 Å². The number of halogens is 1. The van der Waals surface area contributed by atoms with Crippen molar-refractivity contribution < 1.29 is 0 Å². The van der Waals surface area contributed by atoms with Crippen LogP contribution in [0.3, 0.4) is 0 Å². The molecule has 1 aliphatic heterocycles. The van der Waals surface area contributed by atoms with Gasteiger partial charge in [0.1, 0.15) is 5.69 Å². The number of rotatable bonds is 2. The van der Waals surface area contributed by atoms with Gasteiger partial charge in [-0.05, 0) is 13.5 Å². The van der Waals surface area contributed by atoms with Crippen molar-refractivity contribution in [2.45, 2.75) is 19.5 Å². The molecule has 0 aliphatic carbocycles. The normalized spacial score (nSPS) is 16.5. The van der Waals surface area contributed by atoms with Crippen molar-refractivity contribution in [2.75, 3.05) is 27.7 Å². The lowest BCUT2D eigenvalue weighted by atomic mass is 10.3. The van der Waals surface area contributed by atoms with Crippen molar-refractivity contribution in [3.8, 4) is 0 Å². The van der Waals surface area contributed by atoms with Gasteiger partial charge in [-0.3, -0.25) is 4.68 Å². The van der Waals surface area contributed by atoms with Crippen LogP contribution < -0.4 is 0 Å². The molecule has 1 aromatic rings. The molecular weight excluding hydrogens is 236 g/mol. The molecule has 4 nitrogen and oxygen atoms in total. The highest BCUT2D eigenvalue weighted by Crippen LogP contribution is 2.29. The first kappa shape index (κ1) is 12.5. The Kier molecular flexibility index (Phi) is 3.45. The number of hydrogen-bond acceptors (Lipinski definition) is 3. The van der Waals surface area contributed by atoms with Crippen molar-refractivity contribution in [1.29, 1.82) is 0 Å². The van der Waals surface area contributed by atoms with Gasteiger partial charge < -0.3 is 9.80 Å². The molecule has 0 spiro atoms. The molecular formula is C12H19ClN4. The largest absolute Gasteiger partial charge is 0.376 e. The van der Waals surface area contributed by atoms with E-state index in [0.29, 0.717) is 0 Å². The fraction of sp³-hybridized carbons (Fsp3) is 0.583. The highest BCUT2D eigenvalue weighted by molar-refractivity contribution is 6.32. The van der Waals surface area contributed by atoms with E-state index >= 15 is 0 Å². The molecule has 94 valence electrons. The molecule has 0 bridgehead atoms. The molecule has 0 saturated carbocycles. The second-order valence-electron chi connectivity index (χ2n) is 4.76. The van der Waals surface area contributed by atoms with Crippen LogP contribution in [0.5, 0.6) is 0 Å². The predicted molar refractivity (Wildman–Crippen MR) is 70.9 cm³/mol. The Morgan fingerprint density at radius 3 is 2.76 bits per heavy atom. The van der Waals surface area contributed by atoms with Crippen LogP contribution >= 0.6 is 11.6 Å². The van der Waals surface area contributed by atoms with Gasteiger partial charge in [-0.25, -0.2) is 0 Å². The van der Waals surface area contributed by atoms with Gasteiger partial charge >= 0.3 is 0 Å². The number of aromatic nitrogens is 2. The Morgan fingerprint density at radius 2 is 2.12 bits per heavy atom. The SMILES string of the molecule is C=C(c1nn2c(c1Cl)CN(C)CCC2)N(C)C. The molecule has 17 heavy (non-hydrogen) atoms. The predicted octanol–water partition coefficient (Wildman–Crippen LogP) is 1.90. The minimum Gasteiger partial charge on any atom is -0.376 e. The van der Waals surface area contributed by atoms with E-state index in [0.717, 1.165) is 48.2 Å². The number of fused-ring (bicyclic) bond motifs is 1. The summed E-state index contributed by atoms with van der Waals surface area (Å²) < 4.78 is 2.02. The molecule has 2 rings (SSSR count). The second-order valence-corrected chi connectivity index (χ2v) is 5.14. The third-order valence-electron chi connectivity index (χ3n) is 3.14. The first-order valence-electron chi connectivity index (χ1n) is 5.81. The zero-order valence-corrected chi connectivity index (χ0v) is 11.5. The van der Waals surface area contributed by atoms with E-state index in [1.165, 1.54) is 0 Å². The van der Waals surface area contributed by atoms with Crippen LogP contribution in [0.4, 0.5) is 0 Å². The van der Waals surface area contributed by atoms with Crippen LogP contribution in [0.1, 0.15) is 17.8 Å². The van der Waals surface area contributed by atoms with Gasteiger partial charge in [0.25, 0.3) is 0 Å². The summed E-state index contributed by atoms with van der Waals surface area (Å²) in [7, 11) is 6.02. The molecule has 0 atom stereocenters. The Morgan fingerprint density at radius 1 is 1.41 bits per heavy atom. The van der Waals surface area contributed by atoms with Crippen molar-refractivity contribution in [3.05, 3.63) is 23.0 Å². The molecule has 0 aromatic carbocycles. The third kappa shape index (κ3) is 2.33. The van der Waals surface area contributed by atoms with E-state index in [4.69, 9.17) is 11.6 Å².